The van der Waals surface area contributed by atoms with Gasteiger partial charge in [0.2, 0.25) is 0 Å². The van der Waals surface area contributed by atoms with Gasteiger partial charge in [0.25, 0.3) is 0 Å². The molecule has 1 aromatic rings. The molecule has 14 heavy (non-hydrogen) atoms. The fourth-order valence-corrected chi connectivity index (χ4v) is 1.12. The highest BCUT2D eigenvalue weighted by atomic mass is 32.1. The van der Waals surface area contributed by atoms with E-state index in [-0.39, 0.29) is 0 Å². The molecule has 1 heterocycles. The summed E-state index contributed by atoms with van der Waals surface area (Å²) in [4.78, 5) is 10.9. The van der Waals surface area contributed by atoms with Gasteiger partial charge in [-0.3, -0.25) is 4.90 Å². The smallest absolute Gasteiger partial charge is 0.142 e. The van der Waals surface area contributed by atoms with Gasteiger partial charge < -0.3 is 5.73 Å². The topological polar surface area (TPSA) is 55.0 Å². The SMILES string of the molecule is CN(CCC(N)=S)Cc1ncccn1. The van der Waals surface area contributed by atoms with E-state index in [1.807, 2.05) is 7.05 Å². The summed E-state index contributed by atoms with van der Waals surface area (Å²) in [5.41, 5.74) is 5.41. The molecule has 0 aromatic carbocycles. The highest BCUT2D eigenvalue weighted by molar-refractivity contribution is 7.80. The van der Waals surface area contributed by atoms with Crippen molar-refractivity contribution in [3.8, 4) is 0 Å². The van der Waals surface area contributed by atoms with E-state index in [0.717, 1.165) is 25.3 Å². The maximum Gasteiger partial charge on any atom is 0.142 e. The number of hydrogen-bond donors (Lipinski definition) is 1. The molecule has 0 aliphatic carbocycles. The Bertz CT molecular complexity index is 288. The summed E-state index contributed by atoms with van der Waals surface area (Å²) in [5, 5.41) is 0. The molecule has 0 atom stereocenters. The number of aromatic nitrogens is 2. The lowest BCUT2D eigenvalue weighted by atomic mass is 10.4. The Hall–Kier alpha value is -1.07. The molecule has 4 nitrogen and oxygen atoms in total. The van der Waals surface area contributed by atoms with Crippen molar-refractivity contribution in [3.05, 3.63) is 24.3 Å². The molecule has 0 unspecified atom stereocenters. The lowest BCUT2D eigenvalue weighted by molar-refractivity contribution is 0.328. The van der Waals surface area contributed by atoms with Crippen LogP contribution in [0.2, 0.25) is 0 Å². The zero-order valence-electron chi connectivity index (χ0n) is 8.18. The predicted octanol–water partition coefficient (Wildman–Crippen LogP) is 0.585. The molecule has 1 rings (SSSR count). The van der Waals surface area contributed by atoms with Crippen molar-refractivity contribution in [2.45, 2.75) is 13.0 Å². The van der Waals surface area contributed by atoms with Crippen LogP contribution in [0, 0.1) is 0 Å². The molecule has 76 valence electrons. The molecule has 1 aromatic heterocycles. The van der Waals surface area contributed by atoms with Gasteiger partial charge >= 0.3 is 0 Å². The quantitative estimate of drug-likeness (QED) is 0.721. The predicted molar refractivity (Wildman–Crippen MR) is 59.8 cm³/mol. The Balaban J connectivity index is 2.34. The third-order valence-corrected chi connectivity index (χ3v) is 1.97. The normalized spacial score (nSPS) is 10.4. The Labute approximate surface area is 89.2 Å². The summed E-state index contributed by atoms with van der Waals surface area (Å²) >= 11 is 4.80. The first kappa shape index (κ1) is 11.0. The maximum atomic E-state index is 5.41. The van der Waals surface area contributed by atoms with Gasteiger partial charge in [0.05, 0.1) is 11.5 Å². The van der Waals surface area contributed by atoms with Crippen LogP contribution in [0.25, 0.3) is 0 Å². The van der Waals surface area contributed by atoms with Crippen molar-refractivity contribution in [2.75, 3.05) is 13.6 Å². The van der Waals surface area contributed by atoms with E-state index in [4.69, 9.17) is 18.0 Å². The standard InChI is InChI=1S/C9H14N4S/c1-13(6-3-8(10)14)7-9-11-4-2-5-12-9/h2,4-5H,3,6-7H2,1H3,(H2,10,14). The molecular weight excluding hydrogens is 196 g/mol. The fourth-order valence-electron chi connectivity index (χ4n) is 1.03. The summed E-state index contributed by atoms with van der Waals surface area (Å²) in [6.45, 7) is 1.57. The molecule has 5 heteroatoms. The van der Waals surface area contributed by atoms with E-state index >= 15 is 0 Å². The van der Waals surface area contributed by atoms with Crippen LogP contribution in [0.4, 0.5) is 0 Å². The van der Waals surface area contributed by atoms with Crippen molar-refractivity contribution >= 4 is 17.2 Å². The Morgan fingerprint density at radius 3 is 2.71 bits per heavy atom. The lowest BCUT2D eigenvalue weighted by Gasteiger charge is -2.14. The molecule has 0 spiro atoms. The molecule has 0 aliphatic rings. The van der Waals surface area contributed by atoms with Gasteiger partial charge in [-0.15, -0.1) is 0 Å². The van der Waals surface area contributed by atoms with E-state index in [9.17, 15) is 0 Å². The van der Waals surface area contributed by atoms with Gasteiger partial charge in [-0.05, 0) is 13.1 Å². The van der Waals surface area contributed by atoms with E-state index in [0.29, 0.717) is 4.99 Å². The van der Waals surface area contributed by atoms with Gasteiger partial charge in [-0.2, -0.15) is 0 Å². The van der Waals surface area contributed by atoms with E-state index in [1.54, 1.807) is 18.5 Å². The van der Waals surface area contributed by atoms with Crippen LogP contribution in [0.1, 0.15) is 12.2 Å². The van der Waals surface area contributed by atoms with Crippen LogP contribution in [0.5, 0.6) is 0 Å². The molecule has 0 aliphatic heterocycles. The molecule has 2 N–H and O–H groups in total. The zero-order chi connectivity index (χ0) is 10.4. The second-order valence-electron chi connectivity index (χ2n) is 3.12. The zero-order valence-corrected chi connectivity index (χ0v) is 9.00. The van der Waals surface area contributed by atoms with Crippen molar-refractivity contribution in [2.24, 2.45) is 5.73 Å². The summed E-state index contributed by atoms with van der Waals surface area (Å²) < 4.78 is 0. The molecular formula is C9H14N4S. The largest absolute Gasteiger partial charge is 0.393 e. The third kappa shape index (κ3) is 4.25. The van der Waals surface area contributed by atoms with E-state index < -0.39 is 0 Å². The number of hydrogen-bond acceptors (Lipinski definition) is 4. The minimum Gasteiger partial charge on any atom is -0.393 e. The average molecular weight is 210 g/mol. The Kier molecular flexibility index (Phi) is 4.42. The summed E-state index contributed by atoms with van der Waals surface area (Å²) in [6.07, 6.45) is 4.21. The van der Waals surface area contributed by atoms with Crippen molar-refractivity contribution in [3.63, 3.8) is 0 Å². The summed E-state index contributed by atoms with van der Waals surface area (Å²) in [5.74, 6) is 0.818. The third-order valence-electron chi connectivity index (χ3n) is 1.77. The van der Waals surface area contributed by atoms with Crippen molar-refractivity contribution in [1.29, 1.82) is 0 Å². The summed E-state index contributed by atoms with van der Waals surface area (Å²) in [7, 11) is 1.99. The van der Waals surface area contributed by atoms with Gasteiger partial charge in [-0.25, -0.2) is 9.97 Å². The second-order valence-corrected chi connectivity index (χ2v) is 3.64. The van der Waals surface area contributed by atoms with Crippen LogP contribution < -0.4 is 5.73 Å². The number of rotatable bonds is 5. The molecule has 0 bridgehead atoms. The van der Waals surface area contributed by atoms with E-state index in [2.05, 4.69) is 14.9 Å². The van der Waals surface area contributed by atoms with Crippen LogP contribution in [-0.2, 0) is 6.54 Å². The minimum absolute atomic E-state index is 0.547. The molecule has 0 saturated carbocycles. The second kappa shape index (κ2) is 5.62. The highest BCUT2D eigenvalue weighted by Gasteiger charge is 2.01. The summed E-state index contributed by atoms with van der Waals surface area (Å²) in [6, 6.07) is 1.80. The van der Waals surface area contributed by atoms with Gasteiger partial charge in [-0.1, -0.05) is 12.2 Å². The number of nitrogens with zero attached hydrogens (tertiary/aromatic N) is 3. The first-order valence-corrected chi connectivity index (χ1v) is 4.82. The Morgan fingerprint density at radius 1 is 1.50 bits per heavy atom. The van der Waals surface area contributed by atoms with Crippen LogP contribution in [0.3, 0.4) is 0 Å². The number of thiocarbonyl (C=S) groups is 1. The first-order valence-electron chi connectivity index (χ1n) is 4.41. The van der Waals surface area contributed by atoms with Crippen molar-refractivity contribution in [1.82, 2.24) is 14.9 Å². The lowest BCUT2D eigenvalue weighted by Crippen LogP contribution is -2.24. The average Bonchev–Trinajstić information content (AvgIpc) is 2.16. The van der Waals surface area contributed by atoms with Gasteiger partial charge in [0.15, 0.2) is 0 Å². The van der Waals surface area contributed by atoms with Crippen LogP contribution in [0.15, 0.2) is 18.5 Å². The van der Waals surface area contributed by atoms with E-state index in [1.165, 1.54) is 0 Å². The first-order chi connectivity index (χ1) is 6.68. The van der Waals surface area contributed by atoms with Gasteiger partial charge in [0, 0.05) is 25.4 Å². The number of nitrogens with two attached hydrogens (primary N) is 1. The van der Waals surface area contributed by atoms with Crippen molar-refractivity contribution < 1.29 is 0 Å². The monoisotopic (exact) mass is 210 g/mol. The van der Waals surface area contributed by atoms with Crippen LogP contribution >= 0.6 is 12.2 Å². The maximum absolute atomic E-state index is 5.41. The van der Waals surface area contributed by atoms with Gasteiger partial charge in [0.1, 0.15) is 5.82 Å². The molecule has 0 fully saturated rings. The van der Waals surface area contributed by atoms with Crippen LogP contribution in [-0.4, -0.2) is 33.4 Å². The molecule has 0 amide bonds. The Morgan fingerprint density at radius 2 is 2.14 bits per heavy atom. The fraction of sp³-hybridized carbons (Fsp3) is 0.444. The minimum atomic E-state index is 0.547. The molecule has 0 saturated heterocycles. The molecule has 0 radical (unpaired) electrons. The highest BCUT2D eigenvalue weighted by Crippen LogP contribution is 1.95.